The van der Waals surface area contributed by atoms with E-state index in [1.165, 1.54) is 12.1 Å². The average Bonchev–Trinajstić information content (AvgIpc) is 2.50. The lowest BCUT2D eigenvalue weighted by molar-refractivity contribution is 0.0784. The standard InChI is InChI=1S/C16H15BrFNO2/c1-19(10-11-3-6-13(21-2)7-4-11)16(20)12-5-8-14(17)15(18)9-12/h3-9H,10H2,1-2H3. The Bertz CT molecular complexity index is 643. The first kappa shape index (κ1) is 15.5. The van der Waals surface area contributed by atoms with E-state index in [4.69, 9.17) is 4.74 Å². The summed E-state index contributed by atoms with van der Waals surface area (Å²) in [6, 6.07) is 11.8. The number of nitrogens with zero attached hydrogens (tertiary/aromatic N) is 1. The van der Waals surface area contributed by atoms with Crippen LogP contribution < -0.4 is 4.74 Å². The van der Waals surface area contributed by atoms with Crippen LogP contribution in [-0.2, 0) is 6.54 Å². The smallest absolute Gasteiger partial charge is 0.253 e. The molecule has 0 N–H and O–H groups in total. The van der Waals surface area contributed by atoms with Crippen LogP contribution in [0.2, 0.25) is 0 Å². The van der Waals surface area contributed by atoms with Crippen molar-refractivity contribution >= 4 is 21.8 Å². The van der Waals surface area contributed by atoms with Gasteiger partial charge in [0.2, 0.25) is 0 Å². The van der Waals surface area contributed by atoms with Crippen LogP contribution in [0, 0.1) is 5.82 Å². The van der Waals surface area contributed by atoms with E-state index in [1.807, 2.05) is 24.3 Å². The third kappa shape index (κ3) is 3.82. The molecule has 0 heterocycles. The SMILES string of the molecule is COc1ccc(CN(C)C(=O)c2ccc(Br)c(F)c2)cc1. The molecule has 0 aliphatic rings. The Morgan fingerprint density at radius 1 is 1.24 bits per heavy atom. The van der Waals surface area contributed by atoms with Gasteiger partial charge in [0.15, 0.2) is 0 Å². The van der Waals surface area contributed by atoms with Gasteiger partial charge < -0.3 is 9.64 Å². The van der Waals surface area contributed by atoms with E-state index < -0.39 is 5.82 Å². The molecular formula is C16H15BrFNO2. The maximum Gasteiger partial charge on any atom is 0.253 e. The molecule has 0 spiro atoms. The van der Waals surface area contributed by atoms with Gasteiger partial charge >= 0.3 is 0 Å². The van der Waals surface area contributed by atoms with Gasteiger partial charge in [-0.05, 0) is 51.8 Å². The lowest BCUT2D eigenvalue weighted by atomic mass is 10.1. The summed E-state index contributed by atoms with van der Waals surface area (Å²) in [6.07, 6.45) is 0. The van der Waals surface area contributed by atoms with Crippen molar-refractivity contribution in [3.63, 3.8) is 0 Å². The maximum absolute atomic E-state index is 13.5. The van der Waals surface area contributed by atoms with E-state index in [-0.39, 0.29) is 5.91 Å². The van der Waals surface area contributed by atoms with Gasteiger partial charge in [-0.25, -0.2) is 4.39 Å². The molecule has 3 nitrogen and oxygen atoms in total. The lowest BCUT2D eigenvalue weighted by Crippen LogP contribution is -2.26. The van der Waals surface area contributed by atoms with Crippen LogP contribution in [0.1, 0.15) is 15.9 Å². The van der Waals surface area contributed by atoms with Crippen molar-refractivity contribution in [2.45, 2.75) is 6.54 Å². The van der Waals surface area contributed by atoms with Crippen LogP contribution in [0.15, 0.2) is 46.9 Å². The number of methoxy groups -OCH3 is 1. The van der Waals surface area contributed by atoms with E-state index in [0.29, 0.717) is 16.6 Å². The van der Waals surface area contributed by atoms with Gasteiger partial charge in [-0.2, -0.15) is 0 Å². The molecule has 2 aromatic carbocycles. The second kappa shape index (κ2) is 6.72. The predicted octanol–water partition coefficient (Wildman–Crippen LogP) is 3.87. The largest absolute Gasteiger partial charge is 0.497 e. The molecule has 2 aromatic rings. The van der Waals surface area contributed by atoms with Crippen molar-refractivity contribution in [1.29, 1.82) is 0 Å². The molecule has 0 fully saturated rings. The molecule has 2 rings (SSSR count). The first-order valence-electron chi connectivity index (χ1n) is 6.34. The number of halogens is 2. The molecule has 0 bridgehead atoms. The fraction of sp³-hybridized carbons (Fsp3) is 0.188. The summed E-state index contributed by atoms with van der Waals surface area (Å²) in [6.45, 7) is 0.445. The molecule has 1 amide bonds. The molecular weight excluding hydrogens is 337 g/mol. The first-order valence-corrected chi connectivity index (χ1v) is 7.14. The molecule has 0 aliphatic carbocycles. The van der Waals surface area contributed by atoms with Gasteiger partial charge in [-0.15, -0.1) is 0 Å². The zero-order valence-corrected chi connectivity index (χ0v) is 13.4. The van der Waals surface area contributed by atoms with E-state index in [9.17, 15) is 9.18 Å². The van der Waals surface area contributed by atoms with Crippen molar-refractivity contribution in [1.82, 2.24) is 4.90 Å². The Balaban J connectivity index is 2.09. The lowest BCUT2D eigenvalue weighted by Gasteiger charge is -2.17. The van der Waals surface area contributed by atoms with Gasteiger partial charge in [0.05, 0.1) is 11.6 Å². The Hall–Kier alpha value is -1.88. The predicted molar refractivity (Wildman–Crippen MR) is 82.9 cm³/mol. The van der Waals surface area contributed by atoms with E-state index in [2.05, 4.69) is 15.9 Å². The zero-order valence-electron chi connectivity index (χ0n) is 11.8. The maximum atomic E-state index is 13.5. The average molecular weight is 352 g/mol. The number of hydrogen-bond acceptors (Lipinski definition) is 2. The summed E-state index contributed by atoms with van der Waals surface area (Å²) in [7, 11) is 3.29. The highest BCUT2D eigenvalue weighted by Crippen LogP contribution is 2.18. The van der Waals surface area contributed by atoms with Crippen LogP contribution in [0.5, 0.6) is 5.75 Å². The fourth-order valence-corrected chi connectivity index (χ4v) is 2.17. The molecule has 0 aromatic heterocycles. The summed E-state index contributed by atoms with van der Waals surface area (Å²) < 4.78 is 18.9. The number of hydrogen-bond donors (Lipinski definition) is 0. The molecule has 110 valence electrons. The van der Waals surface area contributed by atoms with Crippen LogP contribution in [0.4, 0.5) is 4.39 Å². The van der Waals surface area contributed by atoms with Crippen molar-refractivity contribution in [3.05, 3.63) is 63.9 Å². The summed E-state index contributed by atoms with van der Waals surface area (Å²) >= 11 is 3.07. The third-order valence-corrected chi connectivity index (χ3v) is 3.74. The van der Waals surface area contributed by atoms with E-state index in [0.717, 1.165) is 11.3 Å². The van der Waals surface area contributed by atoms with Crippen LogP contribution in [0.3, 0.4) is 0 Å². The summed E-state index contributed by atoms with van der Waals surface area (Å²) in [5.41, 5.74) is 1.30. The Kier molecular flexibility index (Phi) is 4.96. The quantitative estimate of drug-likeness (QED) is 0.836. The van der Waals surface area contributed by atoms with Gasteiger partial charge in [-0.1, -0.05) is 12.1 Å². The topological polar surface area (TPSA) is 29.5 Å². The second-order valence-corrected chi connectivity index (χ2v) is 5.49. The molecule has 0 unspecified atom stereocenters. The fourth-order valence-electron chi connectivity index (χ4n) is 1.93. The highest BCUT2D eigenvalue weighted by Gasteiger charge is 2.13. The third-order valence-electron chi connectivity index (χ3n) is 3.09. The van der Waals surface area contributed by atoms with Gasteiger partial charge in [0.1, 0.15) is 11.6 Å². The minimum Gasteiger partial charge on any atom is -0.497 e. The van der Waals surface area contributed by atoms with E-state index in [1.54, 1.807) is 25.1 Å². The number of benzene rings is 2. The van der Waals surface area contributed by atoms with Crippen molar-refractivity contribution in [2.24, 2.45) is 0 Å². The minimum absolute atomic E-state index is 0.225. The highest BCUT2D eigenvalue weighted by atomic mass is 79.9. The van der Waals surface area contributed by atoms with Crippen molar-refractivity contribution in [3.8, 4) is 5.75 Å². The molecule has 0 atom stereocenters. The van der Waals surface area contributed by atoms with Crippen LogP contribution in [-0.4, -0.2) is 25.0 Å². The number of rotatable bonds is 4. The van der Waals surface area contributed by atoms with Crippen LogP contribution >= 0.6 is 15.9 Å². The molecule has 0 aliphatic heterocycles. The normalized spacial score (nSPS) is 10.3. The summed E-state index contributed by atoms with van der Waals surface area (Å²) in [5, 5.41) is 0. The van der Waals surface area contributed by atoms with Crippen molar-refractivity contribution < 1.29 is 13.9 Å². The van der Waals surface area contributed by atoms with Gasteiger partial charge in [-0.3, -0.25) is 4.79 Å². The Morgan fingerprint density at radius 3 is 2.48 bits per heavy atom. The monoisotopic (exact) mass is 351 g/mol. The molecule has 0 radical (unpaired) electrons. The van der Waals surface area contributed by atoms with Crippen LogP contribution in [0.25, 0.3) is 0 Å². The number of carbonyl (C=O) groups excluding carboxylic acids is 1. The van der Waals surface area contributed by atoms with Gasteiger partial charge in [0, 0.05) is 19.2 Å². The Morgan fingerprint density at radius 2 is 1.90 bits per heavy atom. The Labute approximate surface area is 131 Å². The summed E-state index contributed by atoms with van der Waals surface area (Å²) in [4.78, 5) is 13.8. The molecule has 5 heteroatoms. The number of ether oxygens (including phenoxy) is 1. The van der Waals surface area contributed by atoms with Gasteiger partial charge in [0.25, 0.3) is 5.91 Å². The molecule has 0 saturated carbocycles. The highest BCUT2D eigenvalue weighted by molar-refractivity contribution is 9.10. The first-order chi connectivity index (χ1) is 10.0. The van der Waals surface area contributed by atoms with E-state index >= 15 is 0 Å². The molecule has 21 heavy (non-hydrogen) atoms. The second-order valence-electron chi connectivity index (χ2n) is 4.64. The molecule has 0 saturated heterocycles. The minimum atomic E-state index is -0.446. The summed E-state index contributed by atoms with van der Waals surface area (Å²) in [5.74, 6) is 0.0959. The number of carbonyl (C=O) groups is 1. The zero-order chi connectivity index (χ0) is 15.4. The number of amides is 1. The van der Waals surface area contributed by atoms with Crippen molar-refractivity contribution in [2.75, 3.05) is 14.2 Å².